The molecule has 0 saturated heterocycles. The number of halogens is 1. The van der Waals surface area contributed by atoms with Gasteiger partial charge in [-0.15, -0.1) is 0 Å². The fraction of sp³-hybridized carbons (Fsp3) is 0.438. The van der Waals surface area contributed by atoms with Gasteiger partial charge in [-0.1, -0.05) is 29.8 Å². The van der Waals surface area contributed by atoms with Crippen LogP contribution >= 0.6 is 15.9 Å². The molecule has 1 heterocycles. The molecule has 1 aromatic rings. The zero-order valence-corrected chi connectivity index (χ0v) is 14.4. The van der Waals surface area contributed by atoms with E-state index < -0.39 is 23.2 Å². The van der Waals surface area contributed by atoms with Crippen molar-refractivity contribution in [2.24, 2.45) is 10.9 Å². The number of fused-ring (bicyclic) bond motifs is 3. The molecule has 0 fully saturated rings. The fourth-order valence-electron chi connectivity index (χ4n) is 2.91. The highest BCUT2D eigenvalue weighted by molar-refractivity contribution is 9.10. The minimum atomic E-state index is -1.22. The largest absolute Gasteiger partial charge is 0.496 e. The van der Waals surface area contributed by atoms with E-state index in [-0.39, 0.29) is 5.92 Å². The summed E-state index contributed by atoms with van der Waals surface area (Å²) in [4.78, 5) is 29.6. The number of rotatable bonds is 2. The van der Waals surface area contributed by atoms with E-state index in [1.54, 1.807) is 19.1 Å². The minimum Gasteiger partial charge on any atom is -0.496 e. The van der Waals surface area contributed by atoms with Gasteiger partial charge in [0.15, 0.2) is 17.5 Å². The van der Waals surface area contributed by atoms with Crippen LogP contribution in [0.15, 0.2) is 21.6 Å². The first kappa shape index (κ1) is 15.2. The van der Waals surface area contributed by atoms with Gasteiger partial charge in [0.2, 0.25) is 11.6 Å². The summed E-state index contributed by atoms with van der Waals surface area (Å²) in [7, 11) is 1.53. The molecule has 5 nitrogen and oxygen atoms in total. The lowest BCUT2D eigenvalue weighted by Gasteiger charge is -2.33. The second-order valence-electron chi connectivity index (χ2n) is 5.95. The van der Waals surface area contributed by atoms with Crippen molar-refractivity contribution in [2.45, 2.75) is 32.4 Å². The van der Waals surface area contributed by atoms with Crippen LogP contribution in [0.3, 0.4) is 0 Å². The molecular formula is C16H16BrNO4. The molecule has 2 aliphatic rings. The Kier molecular flexibility index (Phi) is 3.40. The van der Waals surface area contributed by atoms with Gasteiger partial charge in [-0.3, -0.25) is 9.59 Å². The zero-order chi connectivity index (χ0) is 16.2. The van der Waals surface area contributed by atoms with E-state index in [4.69, 9.17) is 9.47 Å². The average Bonchev–Trinajstić information content (AvgIpc) is 2.84. The summed E-state index contributed by atoms with van der Waals surface area (Å²) in [5, 5.41) is 0. The van der Waals surface area contributed by atoms with Gasteiger partial charge in [0, 0.05) is 16.0 Å². The Morgan fingerprint density at radius 2 is 2.05 bits per heavy atom. The lowest BCUT2D eigenvalue weighted by Crippen LogP contribution is -2.47. The van der Waals surface area contributed by atoms with Crippen molar-refractivity contribution >= 4 is 33.4 Å². The Labute approximate surface area is 136 Å². The second kappa shape index (κ2) is 4.91. The Bertz CT molecular complexity index is 725. The molecule has 0 radical (unpaired) electrons. The monoisotopic (exact) mass is 365 g/mol. The Morgan fingerprint density at radius 1 is 1.36 bits per heavy atom. The Hall–Kier alpha value is -1.69. The van der Waals surface area contributed by atoms with E-state index in [1.165, 1.54) is 7.11 Å². The van der Waals surface area contributed by atoms with Crippen LogP contribution in [0.25, 0.3) is 0 Å². The number of aliphatic imine (C=N–C) groups is 1. The number of benzene rings is 1. The first-order chi connectivity index (χ1) is 10.3. The van der Waals surface area contributed by atoms with E-state index in [1.807, 2.05) is 13.8 Å². The van der Waals surface area contributed by atoms with Crippen molar-refractivity contribution in [3.63, 3.8) is 0 Å². The first-order valence-corrected chi connectivity index (χ1v) is 7.82. The maximum Gasteiger partial charge on any atom is 0.234 e. The second-order valence-corrected chi connectivity index (χ2v) is 6.80. The SMILES string of the molecule is COc1ccc(Br)c2c1C1OC(C(C)C)=N[C@]1(C)C(=O)C2=O. The number of ketones is 2. The number of ether oxygens (including phenoxy) is 2. The number of hydrogen-bond donors (Lipinski definition) is 0. The molecule has 1 unspecified atom stereocenters. The topological polar surface area (TPSA) is 65.0 Å². The molecule has 0 N–H and O–H groups in total. The van der Waals surface area contributed by atoms with Crippen molar-refractivity contribution in [1.29, 1.82) is 0 Å². The summed E-state index contributed by atoms with van der Waals surface area (Å²) >= 11 is 3.35. The molecule has 1 aliphatic carbocycles. The highest BCUT2D eigenvalue weighted by Gasteiger charge is 2.57. The Morgan fingerprint density at radius 3 is 2.64 bits per heavy atom. The third-order valence-electron chi connectivity index (χ3n) is 4.12. The number of carbonyl (C=O) groups is 2. The van der Waals surface area contributed by atoms with E-state index in [0.717, 1.165) is 0 Å². The number of carbonyl (C=O) groups excluding carboxylic acids is 2. The maximum atomic E-state index is 12.6. The highest BCUT2D eigenvalue weighted by atomic mass is 79.9. The molecule has 0 saturated carbocycles. The average molecular weight is 366 g/mol. The van der Waals surface area contributed by atoms with Crippen molar-refractivity contribution in [2.75, 3.05) is 7.11 Å². The third kappa shape index (κ3) is 1.86. The molecule has 2 atom stereocenters. The zero-order valence-electron chi connectivity index (χ0n) is 12.8. The molecule has 3 rings (SSSR count). The van der Waals surface area contributed by atoms with Gasteiger partial charge in [0.25, 0.3) is 0 Å². The molecule has 116 valence electrons. The lowest BCUT2D eigenvalue weighted by molar-refractivity contribution is -0.122. The molecule has 0 amide bonds. The lowest BCUT2D eigenvalue weighted by atomic mass is 9.75. The van der Waals surface area contributed by atoms with Crippen LogP contribution < -0.4 is 4.74 Å². The van der Waals surface area contributed by atoms with Crippen LogP contribution in [0.4, 0.5) is 0 Å². The van der Waals surface area contributed by atoms with Gasteiger partial charge in [0.05, 0.1) is 12.7 Å². The van der Waals surface area contributed by atoms with Gasteiger partial charge in [0.1, 0.15) is 5.75 Å². The third-order valence-corrected chi connectivity index (χ3v) is 4.78. The van der Waals surface area contributed by atoms with Crippen molar-refractivity contribution < 1.29 is 19.1 Å². The van der Waals surface area contributed by atoms with Crippen LogP contribution in [0.5, 0.6) is 5.75 Å². The first-order valence-electron chi connectivity index (χ1n) is 7.03. The summed E-state index contributed by atoms with van der Waals surface area (Å²) in [5.41, 5.74) is -0.326. The molecular weight excluding hydrogens is 350 g/mol. The summed E-state index contributed by atoms with van der Waals surface area (Å²) in [6.45, 7) is 5.52. The number of Topliss-reactive ketones (excluding diaryl/α,β-unsaturated/α-hetero) is 2. The normalized spacial score (nSPS) is 26.5. The van der Waals surface area contributed by atoms with Gasteiger partial charge in [-0.2, -0.15) is 0 Å². The molecule has 0 bridgehead atoms. The van der Waals surface area contributed by atoms with Crippen LogP contribution in [0.1, 0.15) is 42.8 Å². The van der Waals surface area contributed by atoms with Crippen LogP contribution in [-0.2, 0) is 9.53 Å². The van der Waals surface area contributed by atoms with Gasteiger partial charge in [-0.05, 0) is 19.1 Å². The highest BCUT2D eigenvalue weighted by Crippen LogP contribution is 2.49. The van der Waals surface area contributed by atoms with Gasteiger partial charge in [-0.25, -0.2) is 4.99 Å². The molecule has 6 heteroatoms. The summed E-state index contributed by atoms with van der Waals surface area (Å²) in [6, 6.07) is 3.45. The van der Waals surface area contributed by atoms with Gasteiger partial charge < -0.3 is 9.47 Å². The predicted molar refractivity (Wildman–Crippen MR) is 84.5 cm³/mol. The maximum absolute atomic E-state index is 12.6. The molecule has 0 aromatic heterocycles. The molecule has 0 spiro atoms. The van der Waals surface area contributed by atoms with Crippen molar-refractivity contribution in [3.8, 4) is 5.75 Å². The minimum absolute atomic E-state index is 0.0342. The standard InChI is InChI=1S/C16H16BrNO4/c1-7(2)15-18-16(3)13(20)12(19)10-8(17)5-6-9(21-4)11(10)14(16)22-15/h5-7,14H,1-4H3/t14?,16-/m1/s1. The molecule has 1 aromatic carbocycles. The number of nitrogens with zero attached hydrogens (tertiary/aromatic N) is 1. The van der Waals surface area contributed by atoms with Crippen LogP contribution in [0.2, 0.25) is 0 Å². The van der Waals surface area contributed by atoms with Crippen LogP contribution in [-0.4, -0.2) is 30.1 Å². The Balaban J connectivity index is 2.28. The van der Waals surface area contributed by atoms with E-state index in [0.29, 0.717) is 27.2 Å². The molecule has 1 aliphatic heterocycles. The number of hydrogen-bond acceptors (Lipinski definition) is 5. The summed E-state index contributed by atoms with van der Waals surface area (Å²) in [5.74, 6) is -0.0579. The van der Waals surface area contributed by atoms with Crippen molar-refractivity contribution in [1.82, 2.24) is 0 Å². The smallest absolute Gasteiger partial charge is 0.234 e. The van der Waals surface area contributed by atoms with Crippen LogP contribution in [0, 0.1) is 5.92 Å². The van der Waals surface area contributed by atoms with Gasteiger partial charge >= 0.3 is 0 Å². The van der Waals surface area contributed by atoms with E-state index in [9.17, 15) is 9.59 Å². The van der Waals surface area contributed by atoms with E-state index >= 15 is 0 Å². The summed E-state index contributed by atoms with van der Waals surface area (Å²) < 4.78 is 11.9. The van der Waals surface area contributed by atoms with E-state index in [2.05, 4.69) is 20.9 Å². The number of methoxy groups -OCH3 is 1. The quantitative estimate of drug-likeness (QED) is 0.755. The molecule has 22 heavy (non-hydrogen) atoms. The van der Waals surface area contributed by atoms with Crippen molar-refractivity contribution in [3.05, 3.63) is 27.7 Å². The summed E-state index contributed by atoms with van der Waals surface area (Å²) in [6.07, 6.45) is -0.641. The predicted octanol–water partition coefficient (Wildman–Crippen LogP) is 3.11. The fourth-order valence-corrected chi connectivity index (χ4v) is 3.44.